The molecule has 0 aromatic carbocycles. The van der Waals surface area contributed by atoms with Crippen LogP contribution in [-0.2, 0) is 9.53 Å². The summed E-state index contributed by atoms with van der Waals surface area (Å²) in [6, 6.07) is 1.70. The Morgan fingerprint density at radius 1 is 1.27 bits per heavy atom. The summed E-state index contributed by atoms with van der Waals surface area (Å²) >= 11 is 0. The molecule has 7 heteroatoms. The molecule has 2 fully saturated rings. The van der Waals surface area contributed by atoms with Gasteiger partial charge in [0.2, 0.25) is 0 Å². The Kier molecular flexibility index (Phi) is 4.42. The maximum atomic E-state index is 12.7. The van der Waals surface area contributed by atoms with Gasteiger partial charge in [0, 0.05) is 37.8 Å². The van der Waals surface area contributed by atoms with Gasteiger partial charge in [-0.05, 0) is 25.7 Å². The number of amides is 1. The Morgan fingerprint density at radius 2 is 2.00 bits per heavy atom. The van der Waals surface area contributed by atoms with Crippen molar-refractivity contribution in [3.63, 3.8) is 0 Å². The molecule has 1 amide bonds. The fraction of sp³-hybridized carbons (Fsp3) is 0.667. The molecule has 1 saturated heterocycles. The lowest BCUT2D eigenvalue weighted by atomic mass is 10.1. The van der Waals surface area contributed by atoms with Gasteiger partial charge in [0.25, 0.3) is 5.91 Å². The van der Waals surface area contributed by atoms with Gasteiger partial charge in [-0.15, -0.1) is 0 Å². The third-order valence-electron chi connectivity index (χ3n) is 4.19. The summed E-state index contributed by atoms with van der Waals surface area (Å²) in [5.41, 5.74) is 0.277. The molecule has 22 heavy (non-hydrogen) atoms. The van der Waals surface area contributed by atoms with Gasteiger partial charge in [-0.25, -0.2) is 0 Å². The van der Waals surface area contributed by atoms with Crippen LogP contribution in [0.3, 0.4) is 0 Å². The maximum absolute atomic E-state index is 12.7. The summed E-state index contributed by atoms with van der Waals surface area (Å²) < 4.78 is 10.6. The van der Waals surface area contributed by atoms with Gasteiger partial charge in [0.15, 0.2) is 5.69 Å². The molecule has 2 heterocycles. The summed E-state index contributed by atoms with van der Waals surface area (Å²) in [6.07, 6.45) is 3.52. The average Bonchev–Trinajstić information content (AvgIpc) is 3.25. The van der Waals surface area contributed by atoms with Crippen LogP contribution >= 0.6 is 0 Å². The number of carbonyl (C=O) groups excluding carboxylic acids is 1. The van der Waals surface area contributed by atoms with Crippen LogP contribution in [0.1, 0.15) is 54.3 Å². The van der Waals surface area contributed by atoms with Crippen molar-refractivity contribution in [2.75, 3.05) is 19.8 Å². The first-order chi connectivity index (χ1) is 10.6. The minimum Gasteiger partial charge on any atom is -0.481 e. The summed E-state index contributed by atoms with van der Waals surface area (Å²) in [7, 11) is 0. The number of aliphatic carboxylic acids is 1. The van der Waals surface area contributed by atoms with Gasteiger partial charge in [0.05, 0.1) is 6.42 Å². The molecule has 0 radical (unpaired) electrons. The van der Waals surface area contributed by atoms with Crippen LogP contribution in [0.25, 0.3) is 0 Å². The molecule has 0 bridgehead atoms. The van der Waals surface area contributed by atoms with E-state index in [9.17, 15) is 9.59 Å². The van der Waals surface area contributed by atoms with E-state index in [0.29, 0.717) is 19.1 Å². The fourth-order valence-electron chi connectivity index (χ4n) is 2.76. The molecule has 1 N–H and O–H groups in total. The van der Waals surface area contributed by atoms with Crippen molar-refractivity contribution < 1.29 is 24.0 Å². The normalized spacial score (nSPS) is 19.1. The lowest BCUT2D eigenvalue weighted by molar-refractivity contribution is -0.137. The first-order valence-corrected chi connectivity index (χ1v) is 7.72. The van der Waals surface area contributed by atoms with Crippen LogP contribution < -0.4 is 0 Å². The summed E-state index contributed by atoms with van der Waals surface area (Å²) in [4.78, 5) is 25.1. The van der Waals surface area contributed by atoms with Crippen LogP contribution in [0.15, 0.2) is 10.6 Å². The van der Waals surface area contributed by atoms with E-state index in [0.717, 1.165) is 31.4 Å². The Labute approximate surface area is 128 Å². The zero-order valence-corrected chi connectivity index (χ0v) is 12.4. The van der Waals surface area contributed by atoms with Crippen molar-refractivity contribution in [1.29, 1.82) is 0 Å². The third-order valence-corrected chi connectivity index (χ3v) is 4.19. The number of nitrogens with zero attached hydrogens (tertiary/aromatic N) is 2. The molecule has 3 rings (SSSR count). The fourth-order valence-corrected chi connectivity index (χ4v) is 2.76. The number of hydrogen-bond donors (Lipinski definition) is 1. The second-order valence-corrected chi connectivity index (χ2v) is 5.87. The molecule has 1 aromatic rings. The summed E-state index contributed by atoms with van der Waals surface area (Å²) in [6.45, 7) is 1.37. The number of carboxylic acids is 1. The molecule has 0 unspecified atom stereocenters. The van der Waals surface area contributed by atoms with Gasteiger partial charge >= 0.3 is 5.97 Å². The third kappa shape index (κ3) is 3.47. The van der Waals surface area contributed by atoms with E-state index in [2.05, 4.69) is 5.16 Å². The van der Waals surface area contributed by atoms with E-state index >= 15 is 0 Å². The van der Waals surface area contributed by atoms with Crippen LogP contribution in [0.4, 0.5) is 0 Å². The first-order valence-electron chi connectivity index (χ1n) is 7.72. The number of carboxylic acid groups (broad SMARTS) is 1. The Morgan fingerprint density at radius 3 is 2.64 bits per heavy atom. The largest absolute Gasteiger partial charge is 0.481 e. The van der Waals surface area contributed by atoms with Crippen LogP contribution in [-0.4, -0.2) is 52.8 Å². The van der Waals surface area contributed by atoms with Crippen LogP contribution in [0.2, 0.25) is 0 Å². The van der Waals surface area contributed by atoms with Crippen LogP contribution in [0.5, 0.6) is 0 Å². The molecule has 2 aliphatic rings. The van der Waals surface area contributed by atoms with Crippen molar-refractivity contribution in [3.8, 4) is 0 Å². The summed E-state index contributed by atoms with van der Waals surface area (Å²) in [5.74, 6) is -0.00871. The predicted molar refractivity (Wildman–Crippen MR) is 75.6 cm³/mol. The smallest absolute Gasteiger partial charge is 0.305 e. The van der Waals surface area contributed by atoms with Gasteiger partial charge in [-0.3, -0.25) is 9.59 Å². The van der Waals surface area contributed by atoms with Gasteiger partial charge in [-0.2, -0.15) is 0 Å². The maximum Gasteiger partial charge on any atom is 0.305 e. The zero-order valence-electron chi connectivity index (χ0n) is 12.4. The van der Waals surface area contributed by atoms with Gasteiger partial charge in [-0.1, -0.05) is 5.16 Å². The monoisotopic (exact) mass is 308 g/mol. The van der Waals surface area contributed by atoms with Gasteiger partial charge < -0.3 is 19.3 Å². The number of rotatable bonds is 6. The Bertz CT molecular complexity index is 546. The van der Waals surface area contributed by atoms with Crippen molar-refractivity contribution >= 4 is 11.9 Å². The summed E-state index contributed by atoms with van der Waals surface area (Å²) in [5, 5.41) is 12.8. The number of hydrogen-bond acceptors (Lipinski definition) is 5. The highest BCUT2D eigenvalue weighted by Gasteiger charge is 2.32. The number of carbonyl (C=O) groups is 2. The second kappa shape index (κ2) is 6.48. The minimum atomic E-state index is -0.913. The van der Waals surface area contributed by atoms with E-state index in [1.807, 2.05) is 0 Å². The molecular formula is C15H20N2O5. The lowest BCUT2D eigenvalue weighted by Crippen LogP contribution is -2.44. The molecule has 120 valence electrons. The molecular weight excluding hydrogens is 288 g/mol. The average molecular weight is 308 g/mol. The zero-order chi connectivity index (χ0) is 15.5. The van der Waals surface area contributed by atoms with Crippen molar-refractivity contribution in [2.45, 2.75) is 44.1 Å². The van der Waals surface area contributed by atoms with Crippen molar-refractivity contribution in [2.24, 2.45) is 0 Å². The topological polar surface area (TPSA) is 92.9 Å². The highest BCUT2D eigenvalue weighted by atomic mass is 16.5. The lowest BCUT2D eigenvalue weighted by Gasteiger charge is -2.33. The first kappa shape index (κ1) is 15.0. The van der Waals surface area contributed by atoms with Crippen LogP contribution in [0, 0.1) is 0 Å². The number of aromatic nitrogens is 1. The van der Waals surface area contributed by atoms with E-state index in [-0.39, 0.29) is 30.6 Å². The predicted octanol–water partition coefficient (Wildman–Crippen LogP) is 1.65. The number of ether oxygens (including phenoxy) is 1. The van der Waals surface area contributed by atoms with Crippen molar-refractivity contribution in [3.05, 3.63) is 17.5 Å². The molecule has 1 saturated carbocycles. The standard InChI is InChI=1S/C15H20N2O5/c18-14(19)3-6-17(11-4-7-21-8-5-11)15(20)12-9-13(22-16-12)10-1-2-10/h9-11H,1-8H2,(H,18,19). The van der Waals surface area contributed by atoms with Crippen molar-refractivity contribution in [1.82, 2.24) is 10.1 Å². The van der Waals surface area contributed by atoms with E-state index in [1.165, 1.54) is 0 Å². The SMILES string of the molecule is O=C(O)CCN(C(=O)c1cc(C2CC2)on1)C1CCOCC1. The van der Waals surface area contributed by atoms with E-state index < -0.39 is 5.97 Å². The Balaban J connectivity index is 1.72. The molecule has 1 aliphatic carbocycles. The second-order valence-electron chi connectivity index (χ2n) is 5.87. The molecule has 0 spiro atoms. The molecule has 7 nitrogen and oxygen atoms in total. The highest BCUT2D eigenvalue weighted by Crippen LogP contribution is 2.40. The van der Waals surface area contributed by atoms with Gasteiger partial charge in [0.1, 0.15) is 5.76 Å². The minimum absolute atomic E-state index is 0.00155. The highest BCUT2D eigenvalue weighted by molar-refractivity contribution is 5.92. The Hall–Kier alpha value is -1.89. The van der Waals surface area contributed by atoms with E-state index in [1.54, 1.807) is 11.0 Å². The molecule has 0 atom stereocenters. The molecule has 1 aromatic heterocycles. The molecule has 1 aliphatic heterocycles. The van der Waals surface area contributed by atoms with E-state index in [4.69, 9.17) is 14.4 Å². The quantitative estimate of drug-likeness (QED) is 0.859.